The molecule has 4 nitrogen and oxygen atoms in total. The first-order chi connectivity index (χ1) is 9.91. The van der Waals surface area contributed by atoms with Crippen molar-refractivity contribution < 1.29 is 17.9 Å². The van der Waals surface area contributed by atoms with Gasteiger partial charge >= 0.3 is 0 Å². The Labute approximate surface area is 127 Å². The van der Waals surface area contributed by atoms with E-state index in [2.05, 4.69) is 4.72 Å². The van der Waals surface area contributed by atoms with Crippen molar-refractivity contribution in [1.29, 1.82) is 0 Å². The minimum atomic E-state index is -3.81. The summed E-state index contributed by atoms with van der Waals surface area (Å²) in [6, 6.07) is 10.4. The van der Waals surface area contributed by atoms with E-state index in [1.807, 2.05) is 0 Å². The van der Waals surface area contributed by atoms with Gasteiger partial charge in [0.1, 0.15) is 11.5 Å². The van der Waals surface area contributed by atoms with E-state index < -0.39 is 15.8 Å². The number of aliphatic hydroxyl groups excluding tert-OH is 1. The SMILES string of the molecule is O=S(=O)(Cc1cccc(CO)c1)Nc1c(F)cccc1Cl. The second-order valence-corrected chi connectivity index (χ2v) is 6.57. The Balaban J connectivity index is 2.23. The molecule has 0 fully saturated rings. The number of sulfonamides is 1. The molecule has 0 bridgehead atoms. The molecule has 0 aliphatic rings. The summed E-state index contributed by atoms with van der Waals surface area (Å²) in [5, 5.41) is 9.02. The van der Waals surface area contributed by atoms with Gasteiger partial charge in [0.05, 0.1) is 17.4 Å². The summed E-state index contributed by atoms with van der Waals surface area (Å²) >= 11 is 5.79. The fourth-order valence-corrected chi connectivity index (χ4v) is 3.30. The van der Waals surface area contributed by atoms with Crippen molar-refractivity contribution in [3.63, 3.8) is 0 Å². The lowest BCUT2D eigenvalue weighted by Gasteiger charge is -2.11. The maximum absolute atomic E-state index is 13.6. The topological polar surface area (TPSA) is 66.4 Å². The van der Waals surface area contributed by atoms with Gasteiger partial charge in [0.2, 0.25) is 10.0 Å². The molecule has 112 valence electrons. The number of benzene rings is 2. The van der Waals surface area contributed by atoms with Crippen LogP contribution in [0.1, 0.15) is 11.1 Å². The molecular weight excluding hydrogens is 317 g/mol. The zero-order valence-electron chi connectivity index (χ0n) is 10.9. The van der Waals surface area contributed by atoms with Gasteiger partial charge in [0.25, 0.3) is 0 Å². The Kier molecular flexibility index (Phi) is 4.82. The van der Waals surface area contributed by atoms with Gasteiger partial charge in [-0.3, -0.25) is 4.72 Å². The van der Waals surface area contributed by atoms with E-state index >= 15 is 0 Å². The van der Waals surface area contributed by atoms with Crippen molar-refractivity contribution in [2.24, 2.45) is 0 Å². The minimum absolute atomic E-state index is 0.0114. The number of halogens is 2. The highest BCUT2D eigenvalue weighted by molar-refractivity contribution is 7.91. The molecule has 0 aliphatic heterocycles. The molecule has 2 N–H and O–H groups in total. The van der Waals surface area contributed by atoms with Crippen LogP contribution >= 0.6 is 11.6 Å². The monoisotopic (exact) mass is 329 g/mol. The Morgan fingerprint density at radius 3 is 2.48 bits per heavy atom. The molecule has 2 aromatic carbocycles. The van der Waals surface area contributed by atoms with E-state index in [-0.39, 0.29) is 23.1 Å². The average molecular weight is 330 g/mol. The Morgan fingerprint density at radius 1 is 1.14 bits per heavy atom. The van der Waals surface area contributed by atoms with Crippen LogP contribution in [0.5, 0.6) is 0 Å². The van der Waals surface area contributed by atoms with Crippen molar-refractivity contribution in [3.8, 4) is 0 Å². The lowest BCUT2D eigenvalue weighted by molar-refractivity contribution is 0.282. The van der Waals surface area contributed by atoms with Gasteiger partial charge < -0.3 is 5.11 Å². The molecule has 7 heteroatoms. The molecule has 2 rings (SSSR count). The van der Waals surface area contributed by atoms with E-state index in [0.29, 0.717) is 11.1 Å². The van der Waals surface area contributed by atoms with E-state index in [1.165, 1.54) is 12.1 Å². The quantitative estimate of drug-likeness (QED) is 0.886. The van der Waals surface area contributed by atoms with Crippen molar-refractivity contribution in [1.82, 2.24) is 0 Å². The Hall–Kier alpha value is -1.63. The molecule has 0 radical (unpaired) electrons. The minimum Gasteiger partial charge on any atom is -0.392 e. The number of aliphatic hydroxyl groups is 1. The third-order valence-corrected chi connectivity index (χ3v) is 4.29. The summed E-state index contributed by atoms with van der Waals surface area (Å²) in [5.74, 6) is -1.08. The molecular formula is C14H13ClFNO3S. The third-order valence-electron chi connectivity index (χ3n) is 2.75. The molecule has 2 aromatic rings. The van der Waals surface area contributed by atoms with Gasteiger partial charge in [-0.1, -0.05) is 41.9 Å². The number of para-hydroxylation sites is 1. The predicted molar refractivity (Wildman–Crippen MR) is 80.0 cm³/mol. The smallest absolute Gasteiger partial charge is 0.237 e. The third kappa shape index (κ3) is 4.17. The van der Waals surface area contributed by atoms with Gasteiger partial charge in [0, 0.05) is 0 Å². The second kappa shape index (κ2) is 6.43. The predicted octanol–water partition coefficient (Wildman–Crippen LogP) is 2.91. The zero-order chi connectivity index (χ0) is 15.5. The van der Waals surface area contributed by atoms with Crippen LogP contribution < -0.4 is 4.72 Å². The number of hydrogen-bond donors (Lipinski definition) is 2. The van der Waals surface area contributed by atoms with Gasteiger partial charge in [-0.15, -0.1) is 0 Å². The average Bonchev–Trinajstić information content (AvgIpc) is 2.43. The Bertz CT molecular complexity index is 729. The molecule has 0 saturated heterocycles. The van der Waals surface area contributed by atoms with Gasteiger partial charge in [-0.25, -0.2) is 12.8 Å². The van der Waals surface area contributed by atoms with Crippen molar-refractivity contribution in [2.45, 2.75) is 12.4 Å². The lowest BCUT2D eigenvalue weighted by atomic mass is 10.1. The van der Waals surface area contributed by atoms with Crippen LogP contribution in [-0.4, -0.2) is 13.5 Å². The first-order valence-corrected chi connectivity index (χ1v) is 8.07. The summed E-state index contributed by atoms with van der Waals surface area (Å²) in [7, 11) is -3.81. The van der Waals surface area contributed by atoms with Crippen molar-refractivity contribution >= 4 is 27.3 Å². The second-order valence-electron chi connectivity index (χ2n) is 4.44. The molecule has 0 atom stereocenters. The van der Waals surface area contributed by atoms with Crippen LogP contribution in [-0.2, 0) is 22.4 Å². The normalized spacial score (nSPS) is 11.4. The molecule has 0 saturated carbocycles. The summed E-state index contributed by atoms with van der Waals surface area (Å²) < 4.78 is 39.9. The maximum Gasteiger partial charge on any atom is 0.237 e. The highest BCUT2D eigenvalue weighted by Crippen LogP contribution is 2.26. The lowest BCUT2D eigenvalue weighted by Crippen LogP contribution is -2.16. The fourth-order valence-electron chi connectivity index (χ4n) is 1.82. The molecule has 0 amide bonds. The van der Waals surface area contributed by atoms with Crippen molar-refractivity contribution in [3.05, 3.63) is 64.4 Å². The van der Waals surface area contributed by atoms with Crippen LogP contribution in [0, 0.1) is 5.82 Å². The molecule has 0 aliphatic carbocycles. The molecule has 21 heavy (non-hydrogen) atoms. The van der Waals surface area contributed by atoms with E-state index in [4.69, 9.17) is 16.7 Å². The zero-order valence-corrected chi connectivity index (χ0v) is 12.5. The number of hydrogen-bond acceptors (Lipinski definition) is 3. The highest BCUT2D eigenvalue weighted by Gasteiger charge is 2.16. The van der Waals surface area contributed by atoms with Crippen molar-refractivity contribution in [2.75, 3.05) is 4.72 Å². The summed E-state index contributed by atoms with van der Waals surface area (Å²) in [5.41, 5.74) is 0.825. The Morgan fingerprint density at radius 2 is 1.81 bits per heavy atom. The van der Waals surface area contributed by atoms with E-state index in [0.717, 1.165) is 6.07 Å². The largest absolute Gasteiger partial charge is 0.392 e. The van der Waals surface area contributed by atoms with Gasteiger partial charge in [-0.2, -0.15) is 0 Å². The van der Waals surface area contributed by atoms with Crippen LogP contribution in [0.2, 0.25) is 5.02 Å². The number of nitrogens with one attached hydrogen (secondary N) is 1. The highest BCUT2D eigenvalue weighted by atomic mass is 35.5. The van der Waals surface area contributed by atoms with Gasteiger partial charge in [-0.05, 0) is 23.3 Å². The molecule has 0 aromatic heterocycles. The summed E-state index contributed by atoms with van der Waals surface area (Å²) in [6.07, 6.45) is 0. The fraction of sp³-hybridized carbons (Fsp3) is 0.143. The summed E-state index contributed by atoms with van der Waals surface area (Å²) in [4.78, 5) is 0. The van der Waals surface area contributed by atoms with E-state index in [9.17, 15) is 12.8 Å². The molecule has 0 heterocycles. The van der Waals surface area contributed by atoms with Crippen LogP contribution in [0.4, 0.5) is 10.1 Å². The van der Waals surface area contributed by atoms with Crippen LogP contribution in [0.3, 0.4) is 0 Å². The van der Waals surface area contributed by atoms with E-state index in [1.54, 1.807) is 24.3 Å². The first-order valence-electron chi connectivity index (χ1n) is 6.04. The number of anilines is 1. The van der Waals surface area contributed by atoms with Crippen LogP contribution in [0.15, 0.2) is 42.5 Å². The van der Waals surface area contributed by atoms with Crippen LogP contribution in [0.25, 0.3) is 0 Å². The molecule has 0 unspecified atom stereocenters. The van der Waals surface area contributed by atoms with Gasteiger partial charge in [0.15, 0.2) is 0 Å². The number of rotatable bonds is 5. The standard InChI is InChI=1S/C14H13ClFNO3S/c15-12-5-2-6-13(16)14(12)17-21(19,20)9-11-4-1-3-10(7-11)8-18/h1-7,17-18H,8-9H2. The summed E-state index contributed by atoms with van der Waals surface area (Å²) in [6.45, 7) is -0.180. The first kappa shape index (κ1) is 15.8. The molecule has 0 spiro atoms. The maximum atomic E-state index is 13.6.